The molecule has 2 rings (SSSR count). The van der Waals surface area contributed by atoms with E-state index >= 15 is 0 Å². The largest absolute Gasteiger partial charge is 0.352 e. The number of aromatic nitrogens is 1. The summed E-state index contributed by atoms with van der Waals surface area (Å²) in [5.41, 5.74) is 0.895. The Morgan fingerprint density at radius 2 is 2.22 bits per heavy atom. The lowest BCUT2D eigenvalue weighted by Gasteiger charge is -2.26. The first-order valence-corrected chi connectivity index (χ1v) is 9.33. The van der Waals surface area contributed by atoms with Crippen molar-refractivity contribution in [3.8, 4) is 0 Å². The Hall–Kier alpha value is -1.96. The highest BCUT2D eigenvalue weighted by atomic mass is 32.2. The highest BCUT2D eigenvalue weighted by Crippen LogP contribution is 2.18. The zero-order valence-corrected chi connectivity index (χ0v) is 13.9. The number of nitrogens with zero attached hydrogens (tertiary/aromatic N) is 2. The third-order valence-electron chi connectivity index (χ3n) is 3.85. The van der Waals surface area contributed by atoms with Crippen LogP contribution in [-0.4, -0.2) is 54.2 Å². The molecule has 2 heterocycles. The molecule has 1 aliphatic rings. The van der Waals surface area contributed by atoms with E-state index in [0.717, 1.165) is 5.56 Å². The quantitative estimate of drug-likeness (QED) is 0.794. The van der Waals surface area contributed by atoms with Crippen LogP contribution in [0.25, 0.3) is 0 Å². The molecule has 2 amide bonds. The average Bonchev–Trinajstić information content (AvgIpc) is 2.86. The van der Waals surface area contributed by atoms with E-state index in [4.69, 9.17) is 0 Å². The fraction of sp³-hybridized carbons (Fsp3) is 0.533. The zero-order chi connectivity index (χ0) is 16.9. The van der Waals surface area contributed by atoms with Gasteiger partial charge >= 0.3 is 0 Å². The molecular weight excluding hydrogens is 318 g/mol. The van der Waals surface area contributed by atoms with Gasteiger partial charge in [0.15, 0.2) is 9.84 Å². The van der Waals surface area contributed by atoms with Gasteiger partial charge in [-0.2, -0.15) is 0 Å². The van der Waals surface area contributed by atoms with E-state index in [9.17, 15) is 18.0 Å². The second kappa shape index (κ2) is 7.54. The van der Waals surface area contributed by atoms with Crippen LogP contribution in [0.1, 0.15) is 25.3 Å². The molecule has 0 bridgehead atoms. The fourth-order valence-electron chi connectivity index (χ4n) is 2.63. The fourth-order valence-corrected chi connectivity index (χ4v) is 4.36. The third kappa shape index (κ3) is 5.31. The van der Waals surface area contributed by atoms with Crippen LogP contribution in [0.2, 0.25) is 0 Å². The number of hydrogen-bond donors (Lipinski definition) is 1. The second-order valence-corrected chi connectivity index (χ2v) is 7.89. The third-order valence-corrected chi connectivity index (χ3v) is 5.60. The Labute approximate surface area is 136 Å². The van der Waals surface area contributed by atoms with Crippen LogP contribution in [0, 0.1) is 0 Å². The van der Waals surface area contributed by atoms with E-state index in [-0.39, 0.29) is 42.3 Å². The first kappa shape index (κ1) is 17.4. The maximum Gasteiger partial charge on any atom is 0.222 e. The van der Waals surface area contributed by atoms with Gasteiger partial charge in [-0.25, -0.2) is 8.42 Å². The number of rotatable bonds is 6. The van der Waals surface area contributed by atoms with E-state index in [2.05, 4.69) is 10.3 Å². The van der Waals surface area contributed by atoms with Crippen LogP contribution in [0.3, 0.4) is 0 Å². The number of hydrogen-bond acceptors (Lipinski definition) is 5. The molecule has 0 spiro atoms. The molecule has 7 nitrogen and oxygen atoms in total. The van der Waals surface area contributed by atoms with Gasteiger partial charge in [0, 0.05) is 44.9 Å². The van der Waals surface area contributed by atoms with Gasteiger partial charge in [-0.3, -0.25) is 14.6 Å². The van der Waals surface area contributed by atoms with Gasteiger partial charge in [-0.05, 0) is 18.1 Å². The van der Waals surface area contributed by atoms with Crippen LogP contribution >= 0.6 is 0 Å². The molecule has 1 fully saturated rings. The monoisotopic (exact) mass is 339 g/mol. The number of pyridine rings is 1. The normalized spacial score (nSPS) is 19.3. The van der Waals surface area contributed by atoms with Gasteiger partial charge in [-0.1, -0.05) is 6.07 Å². The number of nitrogens with one attached hydrogen (secondary N) is 1. The van der Waals surface area contributed by atoms with Crippen LogP contribution in [0.15, 0.2) is 24.5 Å². The van der Waals surface area contributed by atoms with E-state index in [0.29, 0.717) is 13.0 Å². The van der Waals surface area contributed by atoms with Crippen molar-refractivity contribution < 1.29 is 18.0 Å². The lowest BCUT2D eigenvalue weighted by molar-refractivity contribution is -0.131. The number of sulfone groups is 1. The van der Waals surface area contributed by atoms with E-state index < -0.39 is 9.84 Å². The molecule has 1 aliphatic heterocycles. The van der Waals surface area contributed by atoms with Crippen molar-refractivity contribution in [2.45, 2.75) is 32.4 Å². The molecular formula is C15H21N3O4S. The highest BCUT2D eigenvalue weighted by molar-refractivity contribution is 7.91. The second-order valence-electron chi connectivity index (χ2n) is 5.66. The number of carbonyl (C=O) groups is 2. The maximum atomic E-state index is 11.9. The summed E-state index contributed by atoms with van der Waals surface area (Å²) in [4.78, 5) is 29.1. The summed E-state index contributed by atoms with van der Waals surface area (Å²) in [5.74, 6) is -0.286. The summed E-state index contributed by atoms with van der Waals surface area (Å²) in [7, 11) is -3.06. The van der Waals surface area contributed by atoms with Gasteiger partial charge in [0.05, 0.1) is 11.5 Å². The van der Waals surface area contributed by atoms with Gasteiger partial charge in [0.1, 0.15) is 0 Å². The van der Waals surface area contributed by atoms with Crippen molar-refractivity contribution >= 4 is 21.7 Å². The smallest absolute Gasteiger partial charge is 0.222 e. The van der Waals surface area contributed by atoms with Gasteiger partial charge in [0.25, 0.3) is 0 Å². The molecule has 0 radical (unpaired) electrons. The van der Waals surface area contributed by atoms with Crippen LogP contribution in [0.4, 0.5) is 0 Å². The van der Waals surface area contributed by atoms with Crippen molar-refractivity contribution in [3.63, 3.8) is 0 Å². The molecule has 1 unspecified atom stereocenters. The van der Waals surface area contributed by atoms with Crippen LogP contribution in [-0.2, 0) is 26.0 Å². The Morgan fingerprint density at radius 3 is 2.78 bits per heavy atom. The van der Waals surface area contributed by atoms with E-state index in [1.807, 2.05) is 6.07 Å². The first-order valence-electron chi connectivity index (χ1n) is 7.50. The first-order chi connectivity index (χ1) is 10.9. The molecule has 8 heteroatoms. The van der Waals surface area contributed by atoms with E-state index in [1.54, 1.807) is 18.5 Å². The summed E-state index contributed by atoms with van der Waals surface area (Å²) in [5, 5.41) is 2.76. The number of amides is 2. The predicted molar refractivity (Wildman–Crippen MR) is 85.1 cm³/mol. The summed E-state index contributed by atoms with van der Waals surface area (Å²) >= 11 is 0. The standard InChI is InChI=1S/C15H21N3O4S/c1-12(19)18(14-5-8-23(21,22)11-14)7-4-15(20)17-10-13-3-2-6-16-9-13/h2-3,6,9,14H,4-5,7-8,10-11H2,1H3,(H,17,20). The molecule has 0 aliphatic carbocycles. The zero-order valence-electron chi connectivity index (χ0n) is 13.1. The topological polar surface area (TPSA) is 96.4 Å². The van der Waals surface area contributed by atoms with Crippen molar-refractivity contribution in [2.75, 3.05) is 18.1 Å². The van der Waals surface area contributed by atoms with Gasteiger partial charge in [0.2, 0.25) is 11.8 Å². The summed E-state index contributed by atoms with van der Waals surface area (Å²) in [6, 6.07) is 3.33. The molecule has 1 N–H and O–H groups in total. The molecule has 1 aromatic rings. The molecule has 23 heavy (non-hydrogen) atoms. The Morgan fingerprint density at radius 1 is 1.43 bits per heavy atom. The minimum Gasteiger partial charge on any atom is -0.352 e. The van der Waals surface area contributed by atoms with Gasteiger partial charge < -0.3 is 10.2 Å². The molecule has 1 aromatic heterocycles. The predicted octanol–water partition coefficient (Wildman–Crippen LogP) is 0.123. The average molecular weight is 339 g/mol. The highest BCUT2D eigenvalue weighted by Gasteiger charge is 2.33. The Balaban J connectivity index is 1.82. The van der Waals surface area contributed by atoms with E-state index in [1.165, 1.54) is 11.8 Å². The Kier molecular flexibility index (Phi) is 5.70. The van der Waals surface area contributed by atoms with Crippen molar-refractivity contribution in [1.82, 2.24) is 15.2 Å². The van der Waals surface area contributed by atoms with Crippen LogP contribution < -0.4 is 5.32 Å². The van der Waals surface area contributed by atoms with Crippen molar-refractivity contribution in [2.24, 2.45) is 0 Å². The van der Waals surface area contributed by atoms with Crippen LogP contribution in [0.5, 0.6) is 0 Å². The SMILES string of the molecule is CC(=O)N(CCC(=O)NCc1cccnc1)C1CCS(=O)(=O)C1. The maximum absolute atomic E-state index is 11.9. The van der Waals surface area contributed by atoms with Crippen molar-refractivity contribution in [1.29, 1.82) is 0 Å². The van der Waals surface area contributed by atoms with Gasteiger partial charge in [-0.15, -0.1) is 0 Å². The summed E-state index contributed by atoms with van der Waals surface area (Å²) in [6.45, 7) is 2.01. The lowest BCUT2D eigenvalue weighted by atomic mass is 10.2. The number of carbonyl (C=O) groups excluding carboxylic acids is 2. The lowest BCUT2D eigenvalue weighted by Crippen LogP contribution is -2.42. The minimum absolute atomic E-state index is 0.0100. The molecule has 0 aromatic carbocycles. The minimum atomic E-state index is -3.06. The summed E-state index contributed by atoms with van der Waals surface area (Å²) < 4.78 is 23.1. The summed E-state index contributed by atoms with van der Waals surface area (Å²) in [6.07, 6.45) is 3.92. The molecule has 126 valence electrons. The molecule has 1 atom stereocenters. The Bertz CT molecular complexity index is 661. The molecule has 1 saturated heterocycles. The molecule has 0 saturated carbocycles. The van der Waals surface area contributed by atoms with Crippen molar-refractivity contribution in [3.05, 3.63) is 30.1 Å².